The number of carbonyl (C=O) groups excluding carboxylic acids is 2. The lowest BCUT2D eigenvalue weighted by Gasteiger charge is -2.25. The van der Waals surface area contributed by atoms with Crippen LogP contribution in [0.15, 0.2) is 24.3 Å². The smallest absolute Gasteiger partial charge is 0.306 e. The maximum Gasteiger partial charge on any atom is 0.306 e. The molecule has 0 radical (unpaired) electrons. The summed E-state index contributed by atoms with van der Waals surface area (Å²) in [5, 5.41) is 0. The molecule has 1 atom stereocenters. The van der Waals surface area contributed by atoms with Crippen LogP contribution < -0.4 is 4.18 Å². The zero-order valence-corrected chi connectivity index (χ0v) is 17.1. The average Bonchev–Trinajstić information content (AvgIpc) is 3.13. The highest BCUT2D eigenvalue weighted by atomic mass is 32.2. The summed E-state index contributed by atoms with van der Waals surface area (Å²) in [6, 6.07) is 6.51. The fourth-order valence-corrected chi connectivity index (χ4v) is 3.40. The molecule has 2 rings (SSSR count). The average molecular weight is 413 g/mol. The lowest BCUT2D eigenvalue weighted by molar-refractivity contribution is -0.146. The van der Waals surface area contributed by atoms with Gasteiger partial charge in [0, 0.05) is 26.1 Å². The molecule has 1 aromatic rings. The summed E-state index contributed by atoms with van der Waals surface area (Å²) in [5.74, 6) is -0.333. The van der Waals surface area contributed by atoms with E-state index < -0.39 is 16.1 Å². The van der Waals surface area contributed by atoms with E-state index in [0.717, 1.165) is 24.7 Å². The molecule has 0 aromatic heterocycles. The van der Waals surface area contributed by atoms with E-state index in [-0.39, 0.29) is 37.2 Å². The second-order valence-corrected chi connectivity index (χ2v) is 8.22. The van der Waals surface area contributed by atoms with Gasteiger partial charge in [0.15, 0.2) is 0 Å². The van der Waals surface area contributed by atoms with Crippen molar-refractivity contribution >= 4 is 22.0 Å². The molecule has 0 spiro atoms. The predicted octanol–water partition coefficient (Wildman–Crippen LogP) is 1.88. The number of hydrogen-bond acceptors (Lipinski definition) is 7. The molecule has 1 saturated heterocycles. The second-order valence-electron chi connectivity index (χ2n) is 6.65. The van der Waals surface area contributed by atoms with Crippen LogP contribution in [0.5, 0.6) is 5.75 Å². The van der Waals surface area contributed by atoms with Gasteiger partial charge in [-0.1, -0.05) is 12.1 Å². The third-order valence-corrected chi connectivity index (χ3v) is 4.69. The van der Waals surface area contributed by atoms with Crippen LogP contribution in [0, 0.1) is 0 Å². The van der Waals surface area contributed by atoms with Crippen LogP contribution in [0.25, 0.3) is 0 Å². The summed E-state index contributed by atoms with van der Waals surface area (Å²) in [6.45, 7) is 3.48. The van der Waals surface area contributed by atoms with Crippen LogP contribution in [-0.2, 0) is 35.7 Å². The molecule has 8 nitrogen and oxygen atoms in total. The van der Waals surface area contributed by atoms with Gasteiger partial charge in [-0.15, -0.1) is 0 Å². The third-order valence-electron chi connectivity index (χ3n) is 4.19. The standard InChI is InChI=1S/C19H27NO7S/c1-3-25-19(22)11-10-18(21)20(14-17-5-4-12-26-17)13-15-6-8-16(9-7-15)27-28(2,23)24/h6-9,17H,3-5,10-14H2,1-2H3. The van der Waals surface area contributed by atoms with E-state index in [0.29, 0.717) is 19.7 Å². The lowest BCUT2D eigenvalue weighted by atomic mass is 10.1. The topological polar surface area (TPSA) is 99.2 Å². The number of esters is 1. The van der Waals surface area contributed by atoms with Crippen molar-refractivity contribution in [3.05, 3.63) is 29.8 Å². The van der Waals surface area contributed by atoms with E-state index in [1.807, 2.05) is 0 Å². The van der Waals surface area contributed by atoms with E-state index in [4.69, 9.17) is 13.7 Å². The zero-order chi connectivity index (χ0) is 20.6. The highest BCUT2D eigenvalue weighted by Crippen LogP contribution is 2.19. The van der Waals surface area contributed by atoms with Gasteiger partial charge < -0.3 is 18.6 Å². The van der Waals surface area contributed by atoms with Crippen molar-refractivity contribution in [1.29, 1.82) is 0 Å². The van der Waals surface area contributed by atoms with Gasteiger partial charge in [0.25, 0.3) is 0 Å². The van der Waals surface area contributed by atoms with Crippen LogP contribution in [0.4, 0.5) is 0 Å². The molecule has 0 bridgehead atoms. The Hall–Kier alpha value is -2.13. The Balaban J connectivity index is 2.01. The fraction of sp³-hybridized carbons (Fsp3) is 0.579. The molecule has 1 aliphatic heterocycles. The summed E-state index contributed by atoms with van der Waals surface area (Å²) >= 11 is 0. The van der Waals surface area contributed by atoms with E-state index in [1.165, 1.54) is 0 Å². The predicted molar refractivity (Wildman–Crippen MR) is 102 cm³/mol. The minimum Gasteiger partial charge on any atom is -0.466 e. The Morgan fingerprint density at radius 3 is 2.50 bits per heavy atom. The Labute approximate surface area is 165 Å². The number of hydrogen-bond donors (Lipinski definition) is 0. The summed E-state index contributed by atoms with van der Waals surface area (Å²) in [4.78, 5) is 25.9. The van der Waals surface area contributed by atoms with Gasteiger partial charge in [0.05, 0.1) is 25.4 Å². The number of benzene rings is 1. The molecule has 156 valence electrons. The van der Waals surface area contributed by atoms with Crippen LogP contribution in [0.2, 0.25) is 0 Å². The minimum absolute atomic E-state index is 0.0145. The molecular formula is C19H27NO7S. The number of ether oxygens (including phenoxy) is 2. The van der Waals surface area contributed by atoms with Gasteiger partial charge in [-0.05, 0) is 37.5 Å². The quantitative estimate of drug-likeness (QED) is 0.426. The summed E-state index contributed by atoms with van der Waals surface area (Å²) in [5.41, 5.74) is 0.823. The van der Waals surface area contributed by atoms with Crippen LogP contribution in [-0.4, -0.2) is 57.3 Å². The van der Waals surface area contributed by atoms with Crippen LogP contribution in [0.1, 0.15) is 38.2 Å². The second kappa shape index (κ2) is 10.4. The van der Waals surface area contributed by atoms with Gasteiger partial charge in [-0.3, -0.25) is 9.59 Å². The molecule has 1 amide bonds. The summed E-state index contributed by atoms with van der Waals surface area (Å²) in [7, 11) is -3.59. The first-order valence-electron chi connectivity index (χ1n) is 9.30. The SMILES string of the molecule is CCOC(=O)CCC(=O)N(Cc1ccc(OS(C)(=O)=O)cc1)CC1CCCO1. The minimum atomic E-state index is -3.59. The molecule has 9 heteroatoms. The van der Waals surface area contributed by atoms with Crippen molar-refractivity contribution in [1.82, 2.24) is 4.90 Å². The maximum absolute atomic E-state index is 12.7. The Morgan fingerprint density at radius 2 is 1.93 bits per heavy atom. The molecule has 0 saturated carbocycles. The molecule has 1 unspecified atom stereocenters. The van der Waals surface area contributed by atoms with Crippen molar-refractivity contribution in [3.8, 4) is 5.75 Å². The van der Waals surface area contributed by atoms with Gasteiger partial charge >= 0.3 is 16.1 Å². The monoisotopic (exact) mass is 413 g/mol. The van der Waals surface area contributed by atoms with Crippen molar-refractivity contribution in [3.63, 3.8) is 0 Å². The Kier molecular flexibility index (Phi) is 8.25. The van der Waals surface area contributed by atoms with Crippen molar-refractivity contribution in [2.24, 2.45) is 0 Å². The number of amides is 1. The Bertz CT molecular complexity index is 755. The molecule has 1 heterocycles. The molecular weight excluding hydrogens is 386 g/mol. The van der Waals surface area contributed by atoms with Crippen LogP contribution >= 0.6 is 0 Å². The third kappa shape index (κ3) is 7.85. The van der Waals surface area contributed by atoms with Gasteiger partial charge in [-0.25, -0.2) is 0 Å². The zero-order valence-electron chi connectivity index (χ0n) is 16.3. The highest BCUT2D eigenvalue weighted by Gasteiger charge is 2.23. The molecule has 0 aliphatic carbocycles. The number of rotatable bonds is 10. The number of nitrogens with zero attached hydrogens (tertiary/aromatic N) is 1. The highest BCUT2D eigenvalue weighted by molar-refractivity contribution is 7.86. The first-order valence-corrected chi connectivity index (χ1v) is 11.1. The van der Waals surface area contributed by atoms with Crippen molar-refractivity contribution in [2.45, 2.75) is 45.3 Å². The fourth-order valence-electron chi connectivity index (χ4n) is 2.93. The lowest BCUT2D eigenvalue weighted by Crippen LogP contribution is -2.37. The van der Waals surface area contributed by atoms with E-state index in [1.54, 1.807) is 36.1 Å². The normalized spacial score (nSPS) is 16.6. The van der Waals surface area contributed by atoms with Crippen molar-refractivity contribution < 1.29 is 31.7 Å². The first-order chi connectivity index (χ1) is 13.3. The number of carbonyl (C=O) groups is 2. The van der Waals surface area contributed by atoms with Gasteiger partial charge in [0.2, 0.25) is 5.91 Å². The molecule has 1 fully saturated rings. The van der Waals surface area contributed by atoms with E-state index >= 15 is 0 Å². The van der Waals surface area contributed by atoms with E-state index in [9.17, 15) is 18.0 Å². The first kappa shape index (κ1) is 22.2. The largest absolute Gasteiger partial charge is 0.466 e. The molecule has 0 N–H and O–H groups in total. The van der Waals surface area contributed by atoms with E-state index in [2.05, 4.69) is 0 Å². The van der Waals surface area contributed by atoms with Crippen molar-refractivity contribution in [2.75, 3.05) is 26.0 Å². The van der Waals surface area contributed by atoms with Gasteiger partial charge in [0.1, 0.15) is 5.75 Å². The molecule has 1 aliphatic rings. The van der Waals surface area contributed by atoms with Crippen LogP contribution in [0.3, 0.4) is 0 Å². The summed E-state index contributed by atoms with van der Waals surface area (Å²) in [6.07, 6.45) is 2.93. The Morgan fingerprint density at radius 1 is 1.21 bits per heavy atom. The van der Waals surface area contributed by atoms with Gasteiger partial charge in [-0.2, -0.15) is 8.42 Å². The summed E-state index contributed by atoms with van der Waals surface area (Å²) < 4.78 is 37.7. The maximum atomic E-state index is 12.7. The molecule has 28 heavy (non-hydrogen) atoms. The molecule has 1 aromatic carbocycles.